The summed E-state index contributed by atoms with van der Waals surface area (Å²) < 4.78 is 16.4. The number of halogens is 1. The van der Waals surface area contributed by atoms with Crippen molar-refractivity contribution in [2.24, 2.45) is 10.9 Å². The Hall–Kier alpha value is -1.13. The number of guanidine groups is 1. The van der Waals surface area contributed by atoms with E-state index in [0.717, 1.165) is 44.1 Å². The highest BCUT2D eigenvalue weighted by Gasteiger charge is 2.25. The number of methoxy groups -OCH3 is 1. The number of pyridine rings is 1. The van der Waals surface area contributed by atoms with Gasteiger partial charge in [0.2, 0.25) is 5.88 Å². The van der Waals surface area contributed by atoms with Gasteiger partial charge in [-0.2, -0.15) is 0 Å². The Bertz CT molecular complexity index is 560. The van der Waals surface area contributed by atoms with Gasteiger partial charge in [0, 0.05) is 51.5 Å². The van der Waals surface area contributed by atoms with Crippen LogP contribution in [0.25, 0.3) is 0 Å². The van der Waals surface area contributed by atoms with E-state index in [0.29, 0.717) is 38.2 Å². The first-order valence-corrected chi connectivity index (χ1v) is 9.37. The van der Waals surface area contributed by atoms with Crippen LogP contribution in [0.5, 0.6) is 5.88 Å². The highest BCUT2D eigenvalue weighted by atomic mass is 127. The first kappa shape index (κ1) is 23.9. The third-order valence-corrected chi connectivity index (χ3v) is 4.31. The maximum Gasteiger partial charge on any atom is 0.218 e. The fourth-order valence-corrected chi connectivity index (χ4v) is 2.95. The maximum atomic E-state index is 5.73. The van der Waals surface area contributed by atoms with Crippen molar-refractivity contribution >= 4 is 29.9 Å². The van der Waals surface area contributed by atoms with Crippen molar-refractivity contribution in [2.75, 3.05) is 53.7 Å². The lowest BCUT2D eigenvalue weighted by atomic mass is 10.1. The van der Waals surface area contributed by atoms with E-state index in [2.05, 4.69) is 27.1 Å². The molecule has 154 valence electrons. The number of nitrogens with zero attached hydrogens (tertiary/aromatic N) is 3. The van der Waals surface area contributed by atoms with Crippen LogP contribution in [0.1, 0.15) is 25.3 Å². The normalized spacial score (nSPS) is 16.9. The lowest BCUT2D eigenvalue weighted by Crippen LogP contribution is -2.40. The van der Waals surface area contributed by atoms with E-state index in [4.69, 9.17) is 14.2 Å². The second kappa shape index (κ2) is 14.0. The Morgan fingerprint density at radius 3 is 2.96 bits per heavy atom. The number of aliphatic imine (C=N–C) groups is 1. The van der Waals surface area contributed by atoms with E-state index in [-0.39, 0.29) is 24.0 Å². The van der Waals surface area contributed by atoms with Gasteiger partial charge in [-0.25, -0.2) is 4.98 Å². The van der Waals surface area contributed by atoms with Gasteiger partial charge in [-0.1, -0.05) is 13.0 Å². The van der Waals surface area contributed by atoms with Crippen molar-refractivity contribution in [3.8, 4) is 5.88 Å². The molecule has 0 bridgehead atoms. The van der Waals surface area contributed by atoms with Crippen LogP contribution >= 0.6 is 24.0 Å². The molecule has 1 atom stereocenters. The minimum Gasteiger partial charge on any atom is -0.477 e. The van der Waals surface area contributed by atoms with Crippen molar-refractivity contribution in [1.29, 1.82) is 0 Å². The molecule has 1 fully saturated rings. The smallest absolute Gasteiger partial charge is 0.218 e. The van der Waals surface area contributed by atoms with E-state index in [1.807, 2.05) is 19.2 Å². The van der Waals surface area contributed by atoms with Crippen LogP contribution < -0.4 is 10.1 Å². The van der Waals surface area contributed by atoms with Gasteiger partial charge in [-0.3, -0.25) is 4.99 Å². The Morgan fingerprint density at radius 2 is 2.22 bits per heavy atom. The molecule has 1 aromatic heterocycles. The molecule has 0 saturated carbocycles. The number of rotatable bonds is 10. The van der Waals surface area contributed by atoms with Gasteiger partial charge >= 0.3 is 0 Å². The van der Waals surface area contributed by atoms with Gasteiger partial charge < -0.3 is 24.4 Å². The summed E-state index contributed by atoms with van der Waals surface area (Å²) >= 11 is 0. The predicted octanol–water partition coefficient (Wildman–Crippen LogP) is 2.55. The number of hydrogen-bond donors (Lipinski definition) is 1. The molecular formula is C19H33IN4O3. The molecule has 0 aliphatic carbocycles. The summed E-state index contributed by atoms with van der Waals surface area (Å²) in [6.07, 6.45) is 3.84. The van der Waals surface area contributed by atoms with Gasteiger partial charge in [-0.05, 0) is 18.9 Å². The Labute approximate surface area is 179 Å². The zero-order chi connectivity index (χ0) is 18.6. The number of ether oxygens (including phenoxy) is 3. The summed E-state index contributed by atoms with van der Waals surface area (Å²) in [5.41, 5.74) is 1.04. The molecule has 0 aromatic carbocycles. The van der Waals surface area contributed by atoms with Crippen molar-refractivity contribution in [3.63, 3.8) is 0 Å². The molecule has 1 aliphatic rings. The number of hydrogen-bond acceptors (Lipinski definition) is 5. The molecule has 2 rings (SSSR count). The summed E-state index contributed by atoms with van der Waals surface area (Å²) in [5.74, 6) is 2.14. The highest BCUT2D eigenvalue weighted by molar-refractivity contribution is 14.0. The molecule has 7 nitrogen and oxygen atoms in total. The average Bonchev–Trinajstić information content (AvgIpc) is 3.13. The topological polar surface area (TPSA) is 68.2 Å². The zero-order valence-corrected chi connectivity index (χ0v) is 19.0. The molecule has 1 unspecified atom stereocenters. The largest absolute Gasteiger partial charge is 0.477 e. The lowest BCUT2D eigenvalue weighted by molar-refractivity contribution is 0.0536. The fourth-order valence-electron chi connectivity index (χ4n) is 2.95. The van der Waals surface area contributed by atoms with Crippen LogP contribution in [0.4, 0.5) is 0 Å². The Morgan fingerprint density at radius 1 is 1.37 bits per heavy atom. The van der Waals surface area contributed by atoms with Crippen molar-refractivity contribution in [3.05, 3.63) is 23.9 Å². The summed E-state index contributed by atoms with van der Waals surface area (Å²) in [6.45, 7) is 7.43. The first-order chi connectivity index (χ1) is 12.8. The van der Waals surface area contributed by atoms with E-state index >= 15 is 0 Å². The van der Waals surface area contributed by atoms with Gasteiger partial charge in [-0.15, -0.1) is 24.0 Å². The zero-order valence-electron chi connectivity index (χ0n) is 16.6. The Kier molecular flexibility index (Phi) is 12.4. The minimum atomic E-state index is 0. The van der Waals surface area contributed by atoms with Gasteiger partial charge in [0.15, 0.2) is 5.96 Å². The molecule has 0 amide bonds. The third kappa shape index (κ3) is 8.18. The number of nitrogens with one attached hydrogen (secondary N) is 1. The van der Waals surface area contributed by atoms with Crippen LogP contribution in [0.3, 0.4) is 0 Å². The van der Waals surface area contributed by atoms with E-state index in [1.165, 1.54) is 0 Å². The highest BCUT2D eigenvalue weighted by Crippen LogP contribution is 2.18. The average molecular weight is 492 g/mol. The minimum absolute atomic E-state index is 0. The second-order valence-electron chi connectivity index (χ2n) is 6.39. The number of likely N-dealkylation sites (tertiary alicyclic amines) is 1. The molecule has 0 radical (unpaired) electrons. The Balaban J connectivity index is 0.00000364. The molecule has 1 aliphatic heterocycles. The lowest BCUT2D eigenvalue weighted by Gasteiger charge is -2.22. The van der Waals surface area contributed by atoms with E-state index < -0.39 is 0 Å². The van der Waals surface area contributed by atoms with Crippen LogP contribution in [0, 0.1) is 5.92 Å². The molecule has 1 aromatic rings. The summed E-state index contributed by atoms with van der Waals surface area (Å²) in [6, 6.07) is 3.97. The molecule has 0 spiro atoms. The summed E-state index contributed by atoms with van der Waals surface area (Å²) in [7, 11) is 3.51. The maximum absolute atomic E-state index is 5.73. The second-order valence-corrected chi connectivity index (χ2v) is 6.39. The van der Waals surface area contributed by atoms with Crippen LogP contribution in [0.2, 0.25) is 0 Å². The fraction of sp³-hybridized carbons (Fsp3) is 0.684. The SMILES string of the molecule is CCCOc1ncccc1CNC(=NC)N1CCC(COCCOC)C1.I. The standard InChI is InChI=1S/C19H32N4O3.HI/c1-4-10-26-18-17(6-5-8-21-18)13-22-19(20-2)23-9-7-16(14-23)15-25-12-11-24-3;/h5-6,8,16H,4,7,9-15H2,1-3H3,(H,20,22);1H. The molecule has 8 heteroatoms. The van der Waals surface area contributed by atoms with Gasteiger partial charge in [0.05, 0.1) is 26.4 Å². The molecule has 1 saturated heterocycles. The molecular weight excluding hydrogens is 459 g/mol. The molecule has 2 heterocycles. The van der Waals surface area contributed by atoms with Crippen molar-refractivity contribution in [2.45, 2.75) is 26.3 Å². The quantitative estimate of drug-likeness (QED) is 0.235. The van der Waals surface area contributed by atoms with Crippen LogP contribution in [-0.2, 0) is 16.0 Å². The van der Waals surface area contributed by atoms with Gasteiger partial charge in [0.25, 0.3) is 0 Å². The first-order valence-electron chi connectivity index (χ1n) is 9.37. The van der Waals surface area contributed by atoms with Crippen LogP contribution in [0.15, 0.2) is 23.3 Å². The predicted molar refractivity (Wildman–Crippen MR) is 118 cm³/mol. The number of aromatic nitrogens is 1. The van der Waals surface area contributed by atoms with Gasteiger partial charge in [0.1, 0.15) is 0 Å². The monoisotopic (exact) mass is 492 g/mol. The van der Waals surface area contributed by atoms with Crippen molar-refractivity contribution < 1.29 is 14.2 Å². The van der Waals surface area contributed by atoms with Crippen LogP contribution in [-0.4, -0.2) is 69.5 Å². The van der Waals surface area contributed by atoms with E-state index in [1.54, 1.807) is 13.3 Å². The third-order valence-electron chi connectivity index (χ3n) is 4.31. The van der Waals surface area contributed by atoms with Crippen molar-refractivity contribution in [1.82, 2.24) is 15.2 Å². The van der Waals surface area contributed by atoms with E-state index in [9.17, 15) is 0 Å². The summed E-state index contributed by atoms with van der Waals surface area (Å²) in [5, 5.41) is 3.44. The molecule has 1 N–H and O–H groups in total. The summed E-state index contributed by atoms with van der Waals surface area (Å²) in [4.78, 5) is 11.1. The molecule has 27 heavy (non-hydrogen) atoms.